The van der Waals surface area contributed by atoms with Crippen molar-refractivity contribution in [2.45, 2.75) is 93.7 Å². The van der Waals surface area contributed by atoms with E-state index in [1.54, 1.807) is 44.2 Å². The molecule has 44 heavy (non-hydrogen) atoms. The Morgan fingerprint density at radius 3 is 1.25 bits per heavy atom. The van der Waals surface area contributed by atoms with Crippen LogP contribution in [-0.4, -0.2) is 33.1 Å². The van der Waals surface area contributed by atoms with Gasteiger partial charge in [0.2, 0.25) is 29.8 Å². The normalized spacial score (nSPS) is 14.2. The number of aryl methyl sites for hydroxylation is 6. The molecule has 0 saturated heterocycles. The van der Waals surface area contributed by atoms with Gasteiger partial charge in [0.1, 0.15) is 0 Å². The van der Waals surface area contributed by atoms with Gasteiger partial charge in [0.25, 0.3) is 0 Å². The Morgan fingerprint density at radius 2 is 0.977 bits per heavy atom. The van der Waals surface area contributed by atoms with Crippen molar-refractivity contribution in [3.05, 3.63) is 99.1 Å². The number of rotatable bonds is 12. The van der Waals surface area contributed by atoms with Crippen LogP contribution in [0.3, 0.4) is 0 Å². The maximum Gasteiger partial charge on any atom is 0.248 e. The maximum absolute atomic E-state index is 14.5. The molecule has 2 atom stereocenters. The second-order valence-electron chi connectivity index (χ2n) is 11.4. The summed E-state index contributed by atoms with van der Waals surface area (Å²) in [5, 5.41) is 17.3. The highest BCUT2D eigenvalue weighted by atomic mass is 31.2. The molecular formula is C34H45O9P. The average Bonchev–Trinajstić information content (AvgIpc) is 2.98. The summed E-state index contributed by atoms with van der Waals surface area (Å²) >= 11 is 0. The van der Waals surface area contributed by atoms with Crippen molar-refractivity contribution < 1.29 is 44.2 Å². The SMILES string of the molecule is CCC(C)(OO)OOC(C)(CC)OO.Cc1cc(C)c(C(=O)P(=O)(C(=O)c2c(C)cc(C)cc2C)c2ccccc2)c(C)c1. The molecule has 240 valence electrons. The Kier molecular flexibility index (Phi) is 12.9. The van der Waals surface area contributed by atoms with Crippen molar-refractivity contribution in [3.63, 3.8) is 0 Å². The lowest BCUT2D eigenvalue weighted by atomic mass is 10.0. The molecule has 10 heteroatoms. The van der Waals surface area contributed by atoms with Crippen LogP contribution in [0.4, 0.5) is 0 Å². The molecule has 3 aromatic carbocycles. The van der Waals surface area contributed by atoms with Crippen LogP contribution >= 0.6 is 7.14 Å². The van der Waals surface area contributed by atoms with Gasteiger partial charge in [-0.15, -0.1) is 0 Å². The molecule has 0 heterocycles. The summed E-state index contributed by atoms with van der Waals surface area (Å²) in [4.78, 5) is 45.5. The van der Waals surface area contributed by atoms with E-state index in [4.69, 9.17) is 20.3 Å². The van der Waals surface area contributed by atoms with E-state index >= 15 is 0 Å². The minimum atomic E-state index is -4.11. The van der Waals surface area contributed by atoms with Gasteiger partial charge in [0, 0.05) is 29.3 Å². The summed E-state index contributed by atoms with van der Waals surface area (Å²) in [6.07, 6.45) is 0.740. The van der Waals surface area contributed by atoms with Crippen LogP contribution < -0.4 is 5.30 Å². The summed E-state index contributed by atoms with van der Waals surface area (Å²) in [6.45, 7) is 17.7. The molecule has 0 aliphatic heterocycles. The number of carbonyl (C=O) groups excluding carboxylic acids is 2. The Hall–Kier alpha value is -3.01. The molecular weight excluding hydrogens is 583 g/mol. The number of carbonyl (C=O) groups is 2. The predicted octanol–water partition coefficient (Wildman–Crippen LogP) is 8.37. The van der Waals surface area contributed by atoms with Crippen molar-refractivity contribution in [2.24, 2.45) is 0 Å². The van der Waals surface area contributed by atoms with Gasteiger partial charge in [0.15, 0.2) is 0 Å². The first-order chi connectivity index (χ1) is 20.5. The summed E-state index contributed by atoms with van der Waals surface area (Å²) in [5.41, 5.74) is 4.56. The average molecular weight is 629 g/mol. The molecule has 0 aliphatic carbocycles. The highest BCUT2D eigenvalue weighted by Crippen LogP contribution is 2.52. The fraction of sp³-hybridized carbons (Fsp3) is 0.412. The topological polar surface area (TPSA) is 129 Å². The van der Waals surface area contributed by atoms with E-state index in [9.17, 15) is 14.2 Å². The van der Waals surface area contributed by atoms with Crippen molar-refractivity contribution >= 4 is 23.5 Å². The Morgan fingerprint density at radius 1 is 0.659 bits per heavy atom. The van der Waals surface area contributed by atoms with E-state index in [1.165, 1.54) is 13.8 Å². The Balaban J connectivity index is 0.000000408. The summed E-state index contributed by atoms with van der Waals surface area (Å²) in [5.74, 6) is -2.54. The zero-order chi connectivity index (χ0) is 33.5. The van der Waals surface area contributed by atoms with Crippen LogP contribution in [0.2, 0.25) is 0 Å². The molecule has 0 spiro atoms. The molecule has 3 aromatic rings. The Bertz CT molecular complexity index is 1370. The second kappa shape index (κ2) is 15.3. The van der Waals surface area contributed by atoms with Crippen LogP contribution in [0, 0.1) is 41.5 Å². The van der Waals surface area contributed by atoms with Crippen molar-refractivity contribution in [2.75, 3.05) is 0 Å². The Labute approximate surface area is 260 Å². The van der Waals surface area contributed by atoms with E-state index in [0.29, 0.717) is 24.0 Å². The van der Waals surface area contributed by atoms with Crippen LogP contribution in [0.15, 0.2) is 54.6 Å². The maximum atomic E-state index is 14.5. The largest absolute Gasteiger partial charge is 0.302 e. The third-order valence-corrected chi connectivity index (χ3v) is 10.2. The highest BCUT2D eigenvalue weighted by Gasteiger charge is 2.44. The fourth-order valence-electron chi connectivity index (χ4n) is 4.77. The molecule has 0 aliphatic rings. The highest BCUT2D eigenvalue weighted by molar-refractivity contribution is 8.01. The van der Waals surface area contributed by atoms with Gasteiger partial charge in [0.05, 0.1) is 0 Å². The first kappa shape index (κ1) is 37.2. The lowest BCUT2D eigenvalue weighted by Gasteiger charge is -2.29. The first-order valence-electron chi connectivity index (χ1n) is 14.5. The molecule has 2 unspecified atom stereocenters. The molecule has 0 fully saturated rings. The second-order valence-corrected chi connectivity index (χ2v) is 14.0. The molecule has 0 aromatic heterocycles. The van der Waals surface area contributed by atoms with Crippen LogP contribution in [-0.2, 0) is 24.1 Å². The van der Waals surface area contributed by atoms with Crippen molar-refractivity contribution in [1.82, 2.24) is 0 Å². The molecule has 3 rings (SSSR count). The number of benzene rings is 3. The van der Waals surface area contributed by atoms with Gasteiger partial charge >= 0.3 is 0 Å². The minimum absolute atomic E-state index is 0.277. The molecule has 2 N–H and O–H groups in total. The number of hydrogen-bond donors (Lipinski definition) is 2. The van der Waals surface area contributed by atoms with E-state index in [2.05, 4.69) is 9.78 Å². The van der Waals surface area contributed by atoms with Crippen molar-refractivity contribution in [1.29, 1.82) is 0 Å². The lowest BCUT2D eigenvalue weighted by molar-refractivity contribution is -0.566. The van der Waals surface area contributed by atoms with Crippen LogP contribution in [0.5, 0.6) is 0 Å². The van der Waals surface area contributed by atoms with Crippen LogP contribution in [0.25, 0.3) is 0 Å². The quantitative estimate of drug-likeness (QED) is 0.0879. The van der Waals surface area contributed by atoms with Gasteiger partial charge in [-0.2, -0.15) is 9.78 Å². The predicted molar refractivity (Wildman–Crippen MR) is 171 cm³/mol. The number of hydrogen-bond acceptors (Lipinski definition) is 9. The smallest absolute Gasteiger partial charge is 0.248 e. The summed E-state index contributed by atoms with van der Waals surface area (Å²) in [6, 6.07) is 16.0. The van der Waals surface area contributed by atoms with Crippen LogP contribution in [0.1, 0.15) is 94.6 Å². The third-order valence-electron chi connectivity index (χ3n) is 7.54. The first-order valence-corrected chi connectivity index (χ1v) is 16.2. The monoisotopic (exact) mass is 628 g/mol. The zero-order valence-corrected chi connectivity index (χ0v) is 28.2. The summed E-state index contributed by atoms with van der Waals surface area (Å²) < 4.78 is 14.5. The van der Waals surface area contributed by atoms with Gasteiger partial charge in [-0.05, 0) is 77.6 Å². The molecule has 0 bridgehead atoms. The molecule has 0 amide bonds. The van der Waals surface area contributed by atoms with Gasteiger partial charge in [-0.25, -0.2) is 20.3 Å². The standard InChI is InChI=1S/C26H27O3P.C8H18O6/c1-16-12-18(3)23(19(4)13-16)25(27)30(29,22-10-8-7-9-11-22)26(28)24-20(5)14-17(2)15-21(24)6;1-5-7(3,11-9)13-14-8(4,6-2)12-10/h7-15H,1-6H3;9-10H,5-6H2,1-4H3. The molecule has 0 saturated carbocycles. The van der Waals surface area contributed by atoms with E-state index in [1.807, 2.05) is 65.8 Å². The minimum Gasteiger partial charge on any atom is -0.302 e. The molecule has 0 radical (unpaired) electrons. The van der Waals surface area contributed by atoms with E-state index < -0.39 is 29.8 Å². The van der Waals surface area contributed by atoms with E-state index in [0.717, 1.165) is 33.4 Å². The van der Waals surface area contributed by atoms with Gasteiger partial charge < -0.3 is 4.57 Å². The van der Waals surface area contributed by atoms with Gasteiger partial charge in [-0.3, -0.25) is 9.59 Å². The molecule has 9 nitrogen and oxygen atoms in total. The summed E-state index contributed by atoms with van der Waals surface area (Å²) in [7, 11) is -4.11. The zero-order valence-electron chi connectivity index (χ0n) is 27.3. The fourth-order valence-corrected chi connectivity index (χ4v) is 7.35. The third kappa shape index (κ3) is 8.37. The van der Waals surface area contributed by atoms with E-state index in [-0.39, 0.29) is 5.30 Å². The van der Waals surface area contributed by atoms with Crippen molar-refractivity contribution in [3.8, 4) is 0 Å². The lowest BCUT2D eigenvalue weighted by Crippen LogP contribution is -2.38. The van der Waals surface area contributed by atoms with Gasteiger partial charge in [-0.1, -0.05) is 79.6 Å².